The van der Waals surface area contributed by atoms with Crippen molar-refractivity contribution in [3.63, 3.8) is 0 Å². The van der Waals surface area contributed by atoms with Gasteiger partial charge in [0.2, 0.25) is 0 Å². The molecule has 2 heterocycles. The summed E-state index contributed by atoms with van der Waals surface area (Å²) in [5.41, 5.74) is 5.60. The lowest BCUT2D eigenvalue weighted by atomic mass is 9.97. The highest BCUT2D eigenvalue weighted by Gasteiger charge is 2.17. The van der Waals surface area contributed by atoms with E-state index in [1.54, 1.807) is 12.3 Å². The molecular formula is C9H14N4. The molecule has 0 saturated carbocycles. The third-order valence-electron chi connectivity index (χ3n) is 2.40. The molecule has 4 nitrogen and oxygen atoms in total. The lowest BCUT2D eigenvalue weighted by molar-refractivity contribution is 0.445. The van der Waals surface area contributed by atoms with Gasteiger partial charge in [0.15, 0.2) is 0 Å². The summed E-state index contributed by atoms with van der Waals surface area (Å²) in [6.45, 7) is 2.12. The first-order chi connectivity index (χ1) is 6.36. The summed E-state index contributed by atoms with van der Waals surface area (Å²) in [7, 11) is 0. The first kappa shape index (κ1) is 8.44. The smallest absolute Gasteiger partial charge is 0.133 e. The second-order valence-electron chi connectivity index (χ2n) is 3.36. The lowest BCUT2D eigenvalue weighted by Gasteiger charge is -2.21. The van der Waals surface area contributed by atoms with Gasteiger partial charge >= 0.3 is 0 Å². The van der Waals surface area contributed by atoms with Gasteiger partial charge in [-0.15, -0.1) is 0 Å². The number of hydrogen-bond acceptors (Lipinski definition) is 4. The van der Waals surface area contributed by atoms with Crippen LogP contribution in [0.25, 0.3) is 0 Å². The molecule has 4 heteroatoms. The highest BCUT2D eigenvalue weighted by molar-refractivity contribution is 5.25. The van der Waals surface area contributed by atoms with Gasteiger partial charge in [-0.25, -0.2) is 9.97 Å². The van der Waals surface area contributed by atoms with Gasteiger partial charge < -0.3 is 11.1 Å². The molecule has 13 heavy (non-hydrogen) atoms. The van der Waals surface area contributed by atoms with Crippen molar-refractivity contribution in [2.75, 3.05) is 18.8 Å². The molecular weight excluding hydrogens is 164 g/mol. The van der Waals surface area contributed by atoms with E-state index in [1.165, 1.54) is 0 Å². The molecule has 0 amide bonds. The van der Waals surface area contributed by atoms with E-state index >= 15 is 0 Å². The van der Waals surface area contributed by atoms with E-state index in [1.807, 2.05) is 0 Å². The molecule has 1 aromatic rings. The summed E-state index contributed by atoms with van der Waals surface area (Å²) >= 11 is 0. The molecule has 1 fully saturated rings. The molecule has 0 unspecified atom stereocenters. The number of nitrogen functional groups attached to an aromatic ring is 1. The van der Waals surface area contributed by atoms with Crippen LogP contribution in [0.15, 0.2) is 12.3 Å². The highest BCUT2D eigenvalue weighted by atomic mass is 15.0. The van der Waals surface area contributed by atoms with Crippen LogP contribution in [0.4, 0.5) is 5.82 Å². The Bertz CT molecular complexity index is 281. The van der Waals surface area contributed by atoms with Gasteiger partial charge in [-0.05, 0) is 32.0 Å². The average molecular weight is 178 g/mol. The van der Waals surface area contributed by atoms with Crippen molar-refractivity contribution >= 4 is 5.82 Å². The summed E-state index contributed by atoms with van der Waals surface area (Å²) in [6.07, 6.45) is 3.96. The first-order valence-electron chi connectivity index (χ1n) is 4.65. The topological polar surface area (TPSA) is 63.8 Å². The summed E-state index contributed by atoms with van der Waals surface area (Å²) in [6, 6.07) is 1.73. The molecule has 70 valence electrons. The highest BCUT2D eigenvalue weighted by Crippen LogP contribution is 2.21. The maximum Gasteiger partial charge on any atom is 0.133 e. The Morgan fingerprint density at radius 2 is 2.15 bits per heavy atom. The van der Waals surface area contributed by atoms with Gasteiger partial charge in [-0.1, -0.05) is 0 Å². The molecule has 0 bridgehead atoms. The quantitative estimate of drug-likeness (QED) is 0.658. The third kappa shape index (κ3) is 1.95. The van der Waals surface area contributed by atoms with Gasteiger partial charge in [0.05, 0.1) is 0 Å². The van der Waals surface area contributed by atoms with Crippen LogP contribution in [-0.4, -0.2) is 23.1 Å². The minimum Gasteiger partial charge on any atom is -0.384 e. The standard InChI is InChI=1S/C9H14N4/c10-8-3-6-12-9(13-8)7-1-4-11-5-2-7/h3,6-7,11H,1-2,4-5H2,(H2,10,12,13). The van der Waals surface area contributed by atoms with E-state index in [9.17, 15) is 0 Å². The molecule has 0 spiro atoms. The Balaban J connectivity index is 2.14. The van der Waals surface area contributed by atoms with Crippen LogP contribution in [0.1, 0.15) is 24.6 Å². The van der Waals surface area contributed by atoms with Crippen molar-refractivity contribution < 1.29 is 0 Å². The zero-order valence-corrected chi connectivity index (χ0v) is 7.53. The first-order valence-corrected chi connectivity index (χ1v) is 4.65. The molecule has 1 aliphatic heterocycles. The van der Waals surface area contributed by atoms with Gasteiger partial charge in [0.25, 0.3) is 0 Å². The monoisotopic (exact) mass is 178 g/mol. The van der Waals surface area contributed by atoms with Crippen molar-refractivity contribution in [3.05, 3.63) is 18.1 Å². The Morgan fingerprint density at radius 3 is 2.85 bits per heavy atom. The normalized spacial score (nSPS) is 18.8. The number of nitrogens with one attached hydrogen (secondary N) is 1. The number of piperidine rings is 1. The molecule has 1 aromatic heterocycles. The number of anilines is 1. The Hall–Kier alpha value is -1.16. The summed E-state index contributed by atoms with van der Waals surface area (Å²) < 4.78 is 0. The van der Waals surface area contributed by atoms with E-state index in [2.05, 4.69) is 15.3 Å². The fourth-order valence-electron chi connectivity index (χ4n) is 1.67. The molecule has 0 radical (unpaired) electrons. The second-order valence-corrected chi connectivity index (χ2v) is 3.36. The summed E-state index contributed by atoms with van der Waals surface area (Å²) in [5, 5.41) is 3.31. The van der Waals surface area contributed by atoms with Crippen molar-refractivity contribution in [1.82, 2.24) is 15.3 Å². The van der Waals surface area contributed by atoms with Crippen LogP contribution < -0.4 is 11.1 Å². The van der Waals surface area contributed by atoms with Crippen molar-refractivity contribution in [3.8, 4) is 0 Å². The average Bonchev–Trinajstić information content (AvgIpc) is 2.19. The Labute approximate surface area is 77.6 Å². The SMILES string of the molecule is Nc1ccnc(C2CCNCC2)n1. The summed E-state index contributed by atoms with van der Waals surface area (Å²) in [4.78, 5) is 8.48. The minimum atomic E-state index is 0.491. The summed E-state index contributed by atoms with van der Waals surface area (Å²) in [5.74, 6) is 1.97. The number of nitrogens with zero attached hydrogens (tertiary/aromatic N) is 2. The van der Waals surface area contributed by atoms with Gasteiger partial charge in [-0.3, -0.25) is 0 Å². The third-order valence-corrected chi connectivity index (χ3v) is 2.40. The van der Waals surface area contributed by atoms with E-state index < -0.39 is 0 Å². The zero-order valence-electron chi connectivity index (χ0n) is 7.53. The van der Waals surface area contributed by atoms with Crippen LogP contribution in [0, 0.1) is 0 Å². The number of aromatic nitrogens is 2. The molecule has 1 saturated heterocycles. The Morgan fingerprint density at radius 1 is 1.38 bits per heavy atom. The molecule has 0 aliphatic carbocycles. The number of rotatable bonds is 1. The number of nitrogens with two attached hydrogens (primary N) is 1. The van der Waals surface area contributed by atoms with Gasteiger partial charge in [0, 0.05) is 12.1 Å². The van der Waals surface area contributed by atoms with Gasteiger partial charge in [-0.2, -0.15) is 0 Å². The fraction of sp³-hybridized carbons (Fsp3) is 0.556. The predicted octanol–water partition coefficient (Wildman–Crippen LogP) is 0.526. The zero-order chi connectivity index (χ0) is 9.10. The fourth-order valence-corrected chi connectivity index (χ4v) is 1.67. The second kappa shape index (κ2) is 3.70. The predicted molar refractivity (Wildman–Crippen MR) is 51.3 cm³/mol. The van der Waals surface area contributed by atoms with Crippen LogP contribution in [0.5, 0.6) is 0 Å². The minimum absolute atomic E-state index is 0.491. The molecule has 3 N–H and O–H groups in total. The van der Waals surface area contributed by atoms with Crippen molar-refractivity contribution in [2.45, 2.75) is 18.8 Å². The van der Waals surface area contributed by atoms with E-state index in [-0.39, 0.29) is 0 Å². The maximum atomic E-state index is 5.60. The largest absolute Gasteiger partial charge is 0.384 e. The van der Waals surface area contributed by atoms with E-state index in [0.717, 1.165) is 31.8 Å². The van der Waals surface area contributed by atoms with E-state index in [0.29, 0.717) is 11.7 Å². The molecule has 0 atom stereocenters. The molecule has 1 aliphatic rings. The van der Waals surface area contributed by atoms with Crippen LogP contribution >= 0.6 is 0 Å². The van der Waals surface area contributed by atoms with E-state index in [4.69, 9.17) is 5.73 Å². The lowest BCUT2D eigenvalue weighted by Crippen LogP contribution is -2.27. The van der Waals surface area contributed by atoms with Crippen LogP contribution in [-0.2, 0) is 0 Å². The molecule has 2 rings (SSSR count). The van der Waals surface area contributed by atoms with Crippen LogP contribution in [0.3, 0.4) is 0 Å². The van der Waals surface area contributed by atoms with Crippen molar-refractivity contribution in [1.29, 1.82) is 0 Å². The molecule has 0 aromatic carbocycles. The number of hydrogen-bond donors (Lipinski definition) is 2. The Kier molecular flexibility index (Phi) is 2.40. The van der Waals surface area contributed by atoms with Crippen LogP contribution in [0.2, 0.25) is 0 Å². The maximum absolute atomic E-state index is 5.60. The van der Waals surface area contributed by atoms with Gasteiger partial charge in [0.1, 0.15) is 11.6 Å². The van der Waals surface area contributed by atoms with Crippen molar-refractivity contribution in [2.24, 2.45) is 0 Å².